The lowest BCUT2D eigenvalue weighted by Gasteiger charge is -2.37. The summed E-state index contributed by atoms with van der Waals surface area (Å²) in [5, 5.41) is 8.72. The second-order valence-electron chi connectivity index (χ2n) is 6.24. The molecular formula is C16H20Cl2N3O2+. The molecule has 4 N–H and O–H groups in total. The molecule has 124 valence electrons. The van der Waals surface area contributed by atoms with Crippen molar-refractivity contribution in [3.8, 4) is 0 Å². The summed E-state index contributed by atoms with van der Waals surface area (Å²) in [5.41, 5.74) is 0.580. The van der Waals surface area contributed by atoms with Gasteiger partial charge in [-0.25, -0.2) is 0 Å². The van der Waals surface area contributed by atoms with Gasteiger partial charge < -0.3 is 16.0 Å². The number of amides is 2. The molecule has 0 aromatic heterocycles. The van der Waals surface area contributed by atoms with Crippen LogP contribution in [0.1, 0.15) is 32.1 Å². The van der Waals surface area contributed by atoms with Gasteiger partial charge in [-0.1, -0.05) is 29.6 Å². The first-order valence-corrected chi connectivity index (χ1v) is 8.69. The molecule has 3 rings (SSSR count). The molecule has 0 unspecified atom stereocenters. The molecule has 2 aliphatic rings. The molecule has 2 amide bonds. The lowest BCUT2D eigenvalue weighted by molar-refractivity contribution is -0.718. The van der Waals surface area contributed by atoms with Gasteiger partial charge in [0.15, 0.2) is 6.04 Å². The Balaban J connectivity index is 1.58. The number of rotatable bonds is 3. The van der Waals surface area contributed by atoms with Gasteiger partial charge in [-0.05, 0) is 31.0 Å². The van der Waals surface area contributed by atoms with Crippen molar-refractivity contribution in [2.45, 2.75) is 50.2 Å². The number of hydrogen-bond donors (Lipinski definition) is 3. The van der Waals surface area contributed by atoms with Crippen LogP contribution < -0.4 is 16.0 Å². The molecule has 0 spiro atoms. The lowest BCUT2D eigenvalue weighted by Crippen LogP contribution is -3.03. The summed E-state index contributed by atoms with van der Waals surface area (Å²) < 4.78 is 0. The summed E-state index contributed by atoms with van der Waals surface area (Å²) in [4.78, 5) is 24.4. The van der Waals surface area contributed by atoms with Gasteiger partial charge >= 0.3 is 0 Å². The Labute approximate surface area is 145 Å². The van der Waals surface area contributed by atoms with Crippen LogP contribution in [0.4, 0.5) is 5.69 Å². The van der Waals surface area contributed by atoms with Crippen LogP contribution in [-0.4, -0.2) is 29.9 Å². The number of benzene rings is 1. The van der Waals surface area contributed by atoms with Crippen molar-refractivity contribution in [3.05, 3.63) is 28.2 Å². The summed E-state index contributed by atoms with van der Waals surface area (Å²) in [6.07, 6.45) is 4.63. The second kappa shape index (κ2) is 7.07. The zero-order valence-electron chi connectivity index (χ0n) is 12.6. The van der Waals surface area contributed by atoms with E-state index in [1.165, 1.54) is 6.42 Å². The Morgan fingerprint density at radius 1 is 1.26 bits per heavy atom. The maximum Gasteiger partial charge on any atom is 0.279 e. The van der Waals surface area contributed by atoms with Crippen LogP contribution in [0.3, 0.4) is 0 Å². The van der Waals surface area contributed by atoms with Crippen LogP contribution in [-0.2, 0) is 9.59 Å². The number of hydrogen-bond acceptors (Lipinski definition) is 2. The van der Waals surface area contributed by atoms with Gasteiger partial charge in [-0.2, -0.15) is 0 Å². The number of nitrogens with one attached hydrogen (secondary N) is 2. The monoisotopic (exact) mass is 356 g/mol. The van der Waals surface area contributed by atoms with Crippen molar-refractivity contribution in [1.29, 1.82) is 0 Å². The zero-order valence-corrected chi connectivity index (χ0v) is 14.2. The Morgan fingerprint density at radius 3 is 2.83 bits per heavy atom. The van der Waals surface area contributed by atoms with Crippen LogP contribution in [0.2, 0.25) is 10.0 Å². The van der Waals surface area contributed by atoms with Crippen molar-refractivity contribution >= 4 is 40.7 Å². The highest BCUT2D eigenvalue weighted by Gasteiger charge is 2.40. The van der Waals surface area contributed by atoms with E-state index >= 15 is 0 Å². The predicted molar refractivity (Wildman–Crippen MR) is 89.6 cm³/mol. The molecule has 1 saturated carbocycles. The molecule has 5 nitrogen and oxygen atoms in total. The molecule has 7 heteroatoms. The van der Waals surface area contributed by atoms with Gasteiger partial charge in [-0.3, -0.25) is 9.59 Å². The molecule has 23 heavy (non-hydrogen) atoms. The number of carbonyl (C=O) groups excluding carboxylic acids is 2. The number of anilines is 1. The highest BCUT2D eigenvalue weighted by molar-refractivity contribution is 6.42. The van der Waals surface area contributed by atoms with Crippen LogP contribution in [0.25, 0.3) is 0 Å². The quantitative estimate of drug-likeness (QED) is 0.770. The first-order valence-electron chi connectivity index (χ1n) is 7.93. The van der Waals surface area contributed by atoms with Gasteiger partial charge in [-0.15, -0.1) is 0 Å². The van der Waals surface area contributed by atoms with Crippen LogP contribution in [0.5, 0.6) is 0 Å². The SMILES string of the molecule is O=C(C[C@@H]1[NH2+][C@H]2CCCC[C@@H]2NC1=O)Nc1ccc(Cl)c(Cl)c1. The minimum absolute atomic E-state index is 0.0440. The van der Waals surface area contributed by atoms with E-state index in [2.05, 4.69) is 16.0 Å². The average molecular weight is 357 g/mol. The van der Waals surface area contributed by atoms with Gasteiger partial charge in [0.05, 0.1) is 22.5 Å². The molecule has 1 saturated heterocycles. The number of fused-ring (bicyclic) bond motifs is 1. The number of quaternary nitrogens is 1. The van der Waals surface area contributed by atoms with E-state index in [0.29, 0.717) is 21.8 Å². The van der Waals surface area contributed by atoms with Crippen LogP contribution >= 0.6 is 23.2 Å². The maximum absolute atomic E-state index is 12.2. The van der Waals surface area contributed by atoms with E-state index < -0.39 is 0 Å². The highest BCUT2D eigenvalue weighted by Crippen LogP contribution is 2.25. The summed E-state index contributed by atoms with van der Waals surface area (Å²) in [5.74, 6) is -0.244. The minimum Gasteiger partial charge on any atom is -0.342 e. The van der Waals surface area contributed by atoms with Crippen molar-refractivity contribution in [2.24, 2.45) is 0 Å². The molecule has 1 heterocycles. The number of halogens is 2. The molecule has 0 radical (unpaired) electrons. The van der Waals surface area contributed by atoms with E-state index in [9.17, 15) is 9.59 Å². The Morgan fingerprint density at radius 2 is 2.04 bits per heavy atom. The summed E-state index contributed by atoms with van der Waals surface area (Å²) in [6.45, 7) is 0. The fourth-order valence-electron chi connectivity index (χ4n) is 3.39. The summed E-state index contributed by atoms with van der Waals surface area (Å²) in [6, 6.07) is 5.20. The lowest BCUT2D eigenvalue weighted by atomic mass is 9.87. The van der Waals surface area contributed by atoms with E-state index in [4.69, 9.17) is 23.2 Å². The molecule has 1 aromatic rings. The van der Waals surface area contributed by atoms with Crippen molar-refractivity contribution in [2.75, 3.05) is 5.32 Å². The topological polar surface area (TPSA) is 74.8 Å². The Bertz CT molecular complexity index is 623. The largest absolute Gasteiger partial charge is 0.342 e. The number of piperazine rings is 1. The van der Waals surface area contributed by atoms with E-state index in [1.54, 1.807) is 18.2 Å². The van der Waals surface area contributed by atoms with Crippen molar-refractivity contribution in [3.63, 3.8) is 0 Å². The van der Waals surface area contributed by atoms with Crippen molar-refractivity contribution < 1.29 is 14.9 Å². The zero-order chi connectivity index (χ0) is 16.4. The Hall–Kier alpha value is -1.30. The first-order chi connectivity index (χ1) is 11.0. The molecular weight excluding hydrogens is 337 g/mol. The number of nitrogens with two attached hydrogens (primary N) is 1. The van der Waals surface area contributed by atoms with Crippen LogP contribution in [0.15, 0.2) is 18.2 Å². The standard InChI is InChI=1S/C16H19Cl2N3O2/c17-10-6-5-9(7-11(10)18)19-15(22)8-14-16(23)21-13-4-2-1-3-12(13)20-14/h5-7,12-14,20H,1-4,8H2,(H,19,22)(H,21,23)/p+1/t12-,13-,14-/m0/s1. The Kier molecular flexibility index (Phi) is 5.09. The van der Waals surface area contributed by atoms with Crippen LogP contribution in [0, 0.1) is 0 Å². The molecule has 1 aliphatic carbocycles. The maximum atomic E-state index is 12.2. The molecule has 2 fully saturated rings. The fraction of sp³-hybridized carbons (Fsp3) is 0.500. The third kappa shape index (κ3) is 3.97. The third-order valence-corrected chi connectivity index (χ3v) is 5.31. The number of carbonyl (C=O) groups is 2. The average Bonchev–Trinajstić information content (AvgIpc) is 2.51. The van der Waals surface area contributed by atoms with Crippen molar-refractivity contribution in [1.82, 2.24) is 5.32 Å². The smallest absolute Gasteiger partial charge is 0.279 e. The summed E-state index contributed by atoms with van der Waals surface area (Å²) in [7, 11) is 0. The predicted octanol–water partition coefficient (Wildman–Crippen LogP) is 1.69. The van der Waals surface area contributed by atoms with Gasteiger partial charge in [0.25, 0.3) is 5.91 Å². The van der Waals surface area contributed by atoms with E-state index in [1.807, 2.05) is 0 Å². The highest BCUT2D eigenvalue weighted by atomic mass is 35.5. The summed E-state index contributed by atoms with van der Waals surface area (Å²) >= 11 is 11.8. The normalized spacial score (nSPS) is 27.0. The van der Waals surface area contributed by atoms with Gasteiger partial charge in [0.2, 0.25) is 5.91 Å². The third-order valence-electron chi connectivity index (χ3n) is 4.57. The second-order valence-corrected chi connectivity index (χ2v) is 7.06. The molecule has 1 aliphatic heterocycles. The van der Waals surface area contributed by atoms with E-state index in [0.717, 1.165) is 19.3 Å². The first kappa shape index (κ1) is 16.6. The molecule has 1 aromatic carbocycles. The van der Waals surface area contributed by atoms with Gasteiger partial charge in [0, 0.05) is 12.1 Å². The molecule has 0 bridgehead atoms. The minimum atomic E-state index is -0.364. The molecule has 3 atom stereocenters. The van der Waals surface area contributed by atoms with Gasteiger partial charge in [0.1, 0.15) is 6.04 Å². The van der Waals surface area contributed by atoms with E-state index in [-0.39, 0.29) is 30.3 Å². The fourth-order valence-corrected chi connectivity index (χ4v) is 3.69.